The summed E-state index contributed by atoms with van der Waals surface area (Å²) in [7, 11) is 0. The van der Waals surface area contributed by atoms with Crippen LogP contribution in [0.15, 0.2) is 358 Å². The number of halogens is 1. The molecule has 643 valence electrons. The molecule has 28 aromatic rings. The van der Waals surface area contributed by atoms with E-state index in [9.17, 15) is 4.39 Å². The Morgan fingerprint density at radius 2 is 0.664 bits per heavy atom. The van der Waals surface area contributed by atoms with Gasteiger partial charge < -0.3 is 22.0 Å². The molecule has 0 saturated carbocycles. The average Bonchev–Trinajstić information content (AvgIpc) is 1.53. The van der Waals surface area contributed by atoms with Gasteiger partial charge in [0, 0.05) is 175 Å². The molecule has 29 rings (SSSR count). The Kier molecular flexibility index (Phi) is 23.8. The number of aromatic nitrogens is 12. The second-order valence-corrected chi connectivity index (χ2v) is 33.0. The molecule has 0 unspecified atom stereocenters. The van der Waals surface area contributed by atoms with Gasteiger partial charge in [-0.1, -0.05) is 224 Å². The van der Waals surface area contributed by atoms with Crippen molar-refractivity contribution in [1.29, 1.82) is 0 Å². The Labute approximate surface area is 818 Å². The summed E-state index contributed by atoms with van der Waals surface area (Å²) in [6.07, 6.45) is 7.71. The molecule has 18 heteroatoms. The van der Waals surface area contributed by atoms with Gasteiger partial charge in [-0.05, 0) is 135 Å². The predicted molar refractivity (Wildman–Crippen MR) is 515 cm³/mol. The van der Waals surface area contributed by atoms with Gasteiger partial charge in [-0.2, -0.15) is 4.40 Å². The largest absolute Gasteiger partial charge is 0.340 e. The van der Waals surface area contributed by atoms with Crippen LogP contribution in [0.3, 0.4) is 0 Å². The molecule has 0 atom stereocenters. The number of nitrogens with zero attached hydrogens (tertiary/aromatic N) is 12. The van der Waals surface area contributed by atoms with Crippen molar-refractivity contribution in [1.82, 2.24) is 51.3 Å². The third kappa shape index (κ3) is 14.4. The van der Waals surface area contributed by atoms with Crippen molar-refractivity contribution in [3.63, 3.8) is 0 Å². The first-order valence-electron chi connectivity index (χ1n) is 42.7. The van der Waals surface area contributed by atoms with Gasteiger partial charge in [0.05, 0.1) is 66.7 Å². The van der Waals surface area contributed by atoms with Crippen LogP contribution in [0.5, 0.6) is 0 Å². The summed E-state index contributed by atoms with van der Waals surface area (Å²) in [6, 6.07) is 131. The van der Waals surface area contributed by atoms with Crippen LogP contribution in [0.1, 0.15) is 56.2 Å². The van der Waals surface area contributed by atoms with Crippen LogP contribution in [0, 0.1) is 36.1 Å². The van der Waals surface area contributed by atoms with Gasteiger partial charge in [-0.15, -0.1) is 137 Å². The third-order valence-corrected chi connectivity index (χ3v) is 25.2. The molecule has 1 aliphatic rings. The van der Waals surface area contributed by atoms with Gasteiger partial charge in [0.15, 0.2) is 11.0 Å². The van der Waals surface area contributed by atoms with E-state index in [0.29, 0.717) is 11.8 Å². The van der Waals surface area contributed by atoms with Gasteiger partial charge >= 0.3 is 0 Å². The van der Waals surface area contributed by atoms with Crippen molar-refractivity contribution in [3.8, 4) is 0 Å². The fourth-order valence-corrected chi connectivity index (χ4v) is 19.5. The predicted octanol–water partition coefficient (Wildman–Crippen LogP) is 27.1. The second-order valence-electron chi connectivity index (χ2n) is 33.0. The molecule has 0 saturated heterocycles. The number of hydrogen-bond acceptors (Lipinski definition) is 5. The van der Waals surface area contributed by atoms with Gasteiger partial charge in [0.1, 0.15) is 12.1 Å². The quantitative estimate of drug-likeness (QED) is 0.0976. The third-order valence-electron chi connectivity index (χ3n) is 25.2. The maximum atomic E-state index is 13.7. The van der Waals surface area contributed by atoms with Crippen LogP contribution in [-0.2, 0) is 107 Å². The maximum absolute atomic E-state index is 13.7. The van der Waals surface area contributed by atoms with Crippen LogP contribution in [0.2, 0.25) is 0 Å². The summed E-state index contributed by atoms with van der Waals surface area (Å²) >= 11 is 0. The molecule has 12 aromatic heterocycles. The molecule has 12 nitrogen and oxygen atoms in total. The first kappa shape index (κ1) is 87.3. The number of para-hydroxylation sites is 11. The summed E-state index contributed by atoms with van der Waals surface area (Å²) in [5.74, 6) is 0.747. The van der Waals surface area contributed by atoms with Gasteiger partial charge in [-0.3, -0.25) is 29.3 Å². The topological polar surface area (TPSA) is 94.8 Å². The van der Waals surface area contributed by atoms with E-state index in [1.165, 1.54) is 132 Å². The normalized spacial score (nSPS) is 11.7. The Hall–Kier alpha value is -13.0. The van der Waals surface area contributed by atoms with Crippen LogP contribution < -0.4 is 4.57 Å². The molecule has 1 aliphatic heterocycles. The molecule has 0 N–H and O–H groups in total. The fraction of sp³-hybridized carbons (Fsp3) is 0.0619. The Morgan fingerprint density at radius 3 is 1.18 bits per heavy atom. The van der Waals surface area contributed by atoms with Crippen molar-refractivity contribution in [2.75, 3.05) is 0 Å². The van der Waals surface area contributed by atoms with E-state index in [1.807, 2.05) is 122 Å². The molecule has 0 amide bonds. The minimum atomic E-state index is -0.280. The van der Waals surface area contributed by atoms with Crippen LogP contribution in [-0.4, -0.2) is 51.3 Å². The summed E-state index contributed by atoms with van der Waals surface area (Å²) in [4.78, 5) is 23.4. The molecule has 13 heterocycles. The van der Waals surface area contributed by atoms with Crippen molar-refractivity contribution in [3.05, 3.63) is 411 Å². The number of benzene rings is 16. The van der Waals surface area contributed by atoms with Crippen molar-refractivity contribution >= 4 is 208 Å². The SMILES string of the molecule is CC(C)c1ccc2c(c1)c1ccc[c-]c1c1nccn21.CC(C)c1ccc2nc3c4[c-]cccc4c4ccccc4n3c2c1.Fc1c[c-]c2c(c1)c1ccccc1n1c3ccccc3nc21.[Ir].[Ir].[Ir].[Ir].[Ir].[c-]1cccc2c1c1nc3ccccc3n1c1ccccc21.[c-]1cccc2c1c1nccn1c1ccccc21.c1cc2c3c(c1)c1ccccc1n1c4ccccc4[n+](c31)C2. The molecule has 0 fully saturated rings. The van der Waals surface area contributed by atoms with E-state index in [2.05, 4.69) is 323 Å². The Balaban J connectivity index is 0.000000101. The van der Waals surface area contributed by atoms with Gasteiger partial charge in [-0.25, -0.2) is 4.57 Å². The molecule has 0 aliphatic carbocycles. The van der Waals surface area contributed by atoms with Crippen molar-refractivity contribution in [2.45, 2.75) is 46.1 Å². The first-order chi connectivity index (χ1) is 62.1. The van der Waals surface area contributed by atoms with Gasteiger partial charge in [0.2, 0.25) is 0 Å². The van der Waals surface area contributed by atoms with Crippen molar-refractivity contribution in [2.24, 2.45) is 0 Å². The van der Waals surface area contributed by atoms with Crippen LogP contribution in [0.25, 0.3) is 208 Å². The molecular weight excluding hydrogens is 2510 g/mol. The van der Waals surface area contributed by atoms with E-state index < -0.39 is 0 Å². The molecule has 5 radical (unpaired) electrons. The van der Waals surface area contributed by atoms with Crippen molar-refractivity contribution < 1.29 is 109 Å². The van der Waals surface area contributed by atoms with E-state index in [1.54, 1.807) is 6.07 Å². The number of imidazole rings is 6. The van der Waals surface area contributed by atoms with Gasteiger partial charge in [0.25, 0.3) is 5.65 Å². The Bertz CT molecular complexity index is 9300. The van der Waals surface area contributed by atoms with E-state index in [-0.39, 0.29) is 106 Å². The summed E-state index contributed by atoms with van der Waals surface area (Å²) in [6.45, 7) is 9.88. The fourth-order valence-electron chi connectivity index (χ4n) is 19.5. The van der Waals surface area contributed by atoms with E-state index in [4.69, 9.17) is 15.0 Å². The second kappa shape index (κ2) is 35.7. The first-order valence-corrected chi connectivity index (χ1v) is 42.7. The summed E-state index contributed by atoms with van der Waals surface area (Å²) in [5.41, 5.74) is 26.3. The zero-order valence-corrected chi connectivity index (χ0v) is 82.8. The Morgan fingerprint density at radius 1 is 0.298 bits per heavy atom. The zero-order chi connectivity index (χ0) is 83.9. The average molecular weight is 2580 g/mol. The van der Waals surface area contributed by atoms with E-state index >= 15 is 0 Å². The number of hydrogen-bond donors (Lipinski definition) is 0. The molecular formula is C113H75FIr5N12-4. The zero-order valence-electron chi connectivity index (χ0n) is 70.8. The number of pyridine rings is 6. The number of rotatable bonds is 2. The molecule has 131 heavy (non-hydrogen) atoms. The molecule has 0 bridgehead atoms. The minimum Gasteiger partial charge on any atom is -0.340 e. The van der Waals surface area contributed by atoms with Crippen LogP contribution >= 0.6 is 0 Å². The summed E-state index contributed by atoms with van der Waals surface area (Å²) in [5, 5.41) is 21.0. The standard InChI is InChI=1S/C22H17N2.C20H13N2.C19H10FN2.C19H11N2.C18H15N2.C15H9N2.5Ir/c1-14(2)15-11-12-19-21(13-15)24-20-10-6-5-8-17(20)16-7-3-4-9-18(16)22(24)23-19;1-2-9-16-14(7-1)15-8-5-6-13-12-21-17-10-3-4-11-18(17)22(16)20(21)19(13)15;20-12-9-10-14-15(11-12)13-5-1-3-7-17(13)22-18-8-4-2-6-16(18)21-19(14)22;1-2-9-15-13(7-1)14-8-3-5-11-17(14)21-18-12-6-4-10-16(18)20-19(15)21;1-12(2)13-7-8-17-16(11-13)14-5-3-4-6-15(14)18-19-9-10-20(17)18;1-2-7-13-11(5-1)12-6-3-4-8-14(12)17-10-9-16-15(13)17;;;;;/h3-8,10-14H,1-2H3;1-11H,12H2;1-9,11H;1-8,10-12H;3-5,7-12H,1-2H3;1-6,8-10H;;;;;/q-1;+1;4*-1;;;;;. The minimum absolute atomic E-state index is 0. The van der Waals surface area contributed by atoms with Crippen LogP contribution in [0.4, 0.5) is 4.39 Å². The molecule has 0 spiro atoms. The number of fused-ring (bicyclic) bond motifs is 42. The monoisotopic (exact) mass is 2580 g/mol. The van der Waals surface area contributed by atoms with E-state index in [0.717, 1.165) is 106 Å². The maximum Gasteiger partial charge on any atom is 0.296 e. The summed E-state index contributed by atoms with van der Waals surface area (Å²) < 4.78 is 29.5. The molecule has 16 aromatic carbocycles. The smallest absolute Gasteiger partial charge is 0.296 e.